The number of rotatable bonds is 6. The van der Waals surface area contributed by atoms with E-state index >= 15 is 0 Å². The van der Waals surface area contributed by atoms with E-state index < -0.39 is 9.84 Å². The summed E-state index contributed by atoms with van der Waals surface area (Å²) >= 11 is 0. The maximum Gasteiger partial charge on any atom is 0.251 e. The van der Waals surface area contributed by atoms with Crippen LogP contribution in [0.1, 0.15) is 24.2 Å². The van der Waals surface area contributed by atoms with E-state index in [1.54, 1.807) is 0 Å². The summed E-state index contributed by atoms with van der Waals surface area (Å²) in [6.45, 7) is 5.30. The van der Waals surface area contributed by atoms with Gasteiger partial charge in [0.25, 0.3) is 5.91 Å². The van der Waals surface area contributed by atoms with Crippen LogP contribution in [0, 0.1) is 0 Å². The summed E-state index contributed by atoms with van der Waals surface area (Å²) in [6.07, 6.45) is 1.14. The van der Waals surface area contributed by atoms with E-state index in [-0.39, 0.29) is 10.8 Å². The number of hydrogen-bond acceptors (Lipinski definition) is 4. The Bertz CT molecular complexity index is 521. The van der Waals surface area contributed by atoms with Crippen molar-refractivity contribution in [2.24, 2.45) is 0 Å². The lowest BCUT2D eigenvalue weighted by atomic mass is 10.2. The van der Waals surface area contributed by atoms with Crippen LogP contribution in [0.3, 0.4) is 0 Å². The van der Waals surface area contributed by atoms with Crippen molar-refractivity contribution in [1.82, 2.24) is 10.6 Å². The molecule has 1 amide bonds. The van der Waals surface area contributed by atoms with Gasteiger partial charge in [0.15, 0.2) is 9.84 Å². The monoisotopic (exact) mass is 284 g/mol. The van der Waals surface area contributed by atoms with Crippen molar-refractivity contribution >= 4 is 15.7 Å². The molecule has 0 aliphatic rings. The van der Waals surface area contributed by atoms with Gasteiger partial charge in [0, 0.05) is 31.0 Å². The maximum absolute atomic E-state index is 11.8. The summed E-state index contributed by atoms with van der Waals surface area (Å²) in [7, 11) is -3.22. The average Bonchev–Trinajstić information content (AvgIpc) is 2.33. The first-order valence-electron chi connectivity index (χ1n) is 6.12. The third-order valence-electron chi connectivity index (χ3n) is 2.51. The van der Waals surface area contributed by atoms with Crippen molar-refractivity contribution in [3.63, 3.8) is 0 Å². The van der Waals surface area contributed by atoms with E-state index in [0.29, 0.717) is 24.7 Å². The summed E-state index contributed by atoms with van der Waals surface area (Å²) in [5, 5.41) is 5.95. The molecule has 0 spiro atoms. The molecule has 1 rings (SSSR count). The van der Waals surface area contributed by atoms with Crippen molar-refractivity contribution in [1.29, 1.82) is 0 Å². The zero-order valence-corrected chi connectivity index (χ0v) is 12.3. The van der Waals surface area contributed by atoms with Crippen LogP contribution in [0.25, 0.3) is 0 Å². The average molecular weight is 284 g/mol. The van der Waals surface area contributed by atoms with Crippen LogP contribution in [0.2, 0.25) is 0 Å². The molecule has 0 aromatic heterocycles. The van der Waals surface area contributed by atoms with Crippen LogP contribution in [-0.2, 0) is 9.84 Å². The van der Waals surface area contributed by atoms with Crippen LogP contribution in [-0.4, -0.2) is 39.7 Å². The summed E-state index contributed by atoms with van der Waals surface area (Å²) in [5.41, 5.74) is 0.456. The quantitative estimate of drug-likeness (QED) is 0.758. The first-order chi connectivity index (χ1) is 8.80. The van der Waals surface area contributed by atoms with Crippen LogP contribution in [0.5, 0.6) is 0 Å². The predicted molar refractivity (Wildman–Crippen MR) is 75.0 cm³/mol. The molecule has 0 aliphatic heterocycles. The summed E-state index contributed by atoms with van der Waals surface area (Å²) in [4.78, 5) is 12.0. The van der Waals surface area contributed by atoms with E-state index in [1.165, 1.54) is 24.3 Å². The summed E-state index contributed by atoms with van der Waals surface area (Å²) < 4.78 is 22.6. The van der Waals surface area contributed by atoms with Gasteiger partial charge in [-0.3, -0.25) is 4.79 Å². The fourth-order valence-electron chi connectivity index (χ4n) is 1.49. The Morgan fingerprint density at radius 1 is 1.16 bits per heavy atom. The van der Waals surface area contributed by atoms with Gasteiger partial charge in [-0.05, 0) is 24.3 Å². The van der Waals surface area contributed by atoms with Crippen LogP contribution >= 0.6 is 0 Å². The highest BCUT2D eigenvalue weighted by Gasteiger charge is 2.09. The zero-order chi connectivity index (χ0) is 14.5. The summed E-state index contributed by atoms with van der Waals surface area (Å²) in [6, 6.07) is 6.29. The smallest absolute Gasteiger partial charge is 0.251 e. The highest BCUT2D eigenvalue weighted by atomic mass is 32.2. The number of sulfone groups is 1. The molecule has 0 aliphatic carbocycles. The van der Waals surface area contributed by atoms with E-state index in [1.807, 2.05) is 13.8 Å². The van der Waals surface area contributed by atoms with E-state index in [9.17, 15) is 13.2 Å². The van der Waals surface area contributed by atoms with E-state index in [0.717, 1.165) is 6.26 Å². The first kappa shape index (κ1) is 15.7. The molecular weight excluding hydrogens is 264 g/mol. The number of amides is 1. The molecule has 0 saturated heterocycles. The van der Waals surface area contributed by atoms with Gasteiger partial charge in [0.05, 0.1) is 4.90 Å². The highest BCUT2D eigenvalue weighted by Crippen LogP contribution is 2.10. The Balaban J connectivity index is 2.54. The van der Waals surface area contributed by atoms with Crippen molar-refractivity contribution in [2.45, 2.75) is 24.8 Å². The Morgan fingerprint density at radius 3 is 2.21 bits per heavy atom. The lowest BCUT2D eigenvalue weighted by Gasteiger charge is -2.09. The molecule has 19 heavy (non-hydrogen) atoms. The molecule has 0 fully saturated rings. The second-order valence-electron chi connectivity index (χ2n) is 4.66. The third kappa shape index (κ3) is 5.40. The number of benzene rings is 1. The van der Waals surface area contributed by atoms with Gasteiger partial charge < -0.3 is 10.6 Å². The number of carbonyl (C=O) groups is 1. The molecule has 1 aromatic rings. The normalized spacial score (nSPS) is 11.6. The van der Waals surface area contributed by atoms with Crippen LogP contribution in [0.15, 0.2) is 29.2 Å². The van der Waals surface area contributed by atoms with Gasteiger partial charge in [-0.25, -0.2) is 8.42 Å². The molecule has 6 heteroatoms. The van der Waals surface area contributed by atoms with Crippen molar-refractivity contribution < 1.29 is 13.2 Å². The van der Waals surface area contributed by atoms with Crippen LogP contribution < -0.4 is 10.6 Å². The van der Waals surface area contributed by atoms with Crippen molar-refractivity contribution in [3.05, 3.63) is 29.8 Å². The molecule has 2 N–H and O–H groups in total. The molecule has 0 heterocycles. The molecule has 106 valence electrons. The number of hydrogen-bond donors (Lipinski definition) is 2. The largest absolute Gasteiger partial charge is 0.351 e. The van der Waals surface area contributed by atoms with E-state index in [4.69, 9.17) is 0 Å². The lowest BCUT2D eigenvalue weighted by molar-refractivity contribution is 0.0953. The SMILES string of the molecule is CC(C)NCCNC(=O)c1ccc(S(C)(=O)=O)cc1. The Labute approximate surface area is 114 Å². The topological polar surface area (TPSA) is 75.3 Å². The number of nitrogens with one attached hydrogen (secondary N) is 2. The maximum atomic E-state index is 11.8. The van der Waals surface area contributed by atoms with Gasteiger partial charge in [0.1, 0.15) is 0 Å². The highest BCUT2D eigenvalue weighted by molar-refractivity contribution is 7.90. The zero-order valence-electron chi connectivity index (χ0n) is 11.4. The van der Waals surface area contributed by atoms with Gasteiger partial charge >= 0.3 is 0 Å². The third-order valence-corrected chi connectivity index (χ3v) is 3.64. The Hall–Kier alpha value is -1.40. The Morgan fingerprint density at radius 2 is 1.74 bits per heavy atom. The van der Waals surface area contributed by atoms with Gasteiger partial charge in [0.2, 0.25) is 0 Å². The second-order valence-corrected chi connectivity index (χ2v) is 6.68. The molecule has 5 nitrogen and oxygen atoms in total. The summed E-state index contributed by atoms with van der Waals surface area (Å²) in [5.74, 6) is -0.203. The molecular formula is C13H20N2O3S. The van der Waals surface area contributed by atoms with Gasteiger partial charge in [-0.15, -0.1) is 0 Å². The molecule has 0 saturated carbocycles. The molecule has 0 unspecified atom stereocenters. The van der Waals surface area contributed by atoms with Crippen molar-refractivity contribution in [3.8, 4) is 0 Å². The fraction of sp³-hybridized carbons (Fsp3) is 0.462. The minimum absolute atomic E-state index is 0.203. The fourth-order valence-corrected chi connectivity index (χ4v) is 2.12. The van der Waals surface area contributed by atoms with Crippen LogP contribution in [0.4, 0.5) is 0 Å². The lowest BCUT2D eigenvalue weighted by Crippen LogP contribution is -2.34. The molecule has 1 aromatic carbocycles. The van der Waals surface area contributed by atoms with Gasteiger partial charge in [-0.2, -0.15) is 0 Å². The second kappa shape index (κ2) is 6.68. The molecule has 0 atom stereocenters. The molecule has 0 radical (unpaired) electrons. The minimum atomic E-state index is -3.22. The van der Waals surface area contributed by atoms with Crippen molar-refractivity contribution in [2.75, 3.05) is 19.3 Å². The molecule has 0 bridgehead atoms. The Kier molecular flexibility index (Phi) is 5.50. The van der Waals surface area contributed by atoms with Gasteiger partial charge in [-0.1, -0.05) is 13.8 Å². The van der Waals surface area contributed by atoms with E-state index in [2.05, 4.69) is 10.6 Å². The predicted octanol–water partition coefficient (Wildman–Crippen LogP) is 0.818. The number of carbonyl (C=O) groups excluding carboxylic acids is 1. The standard InChI is InChI=1S/C13H20N2O3S/c1-10(2)14-8-9-15-13(16)11-4-6-12(7-5-11)19(3,17)18/h4-7,10,14H,8-9H2,1-3H3,(H,15,16). The minimum Gasteiger partial charge on any atom is -0.351 e. The first-order valence-corrected chi connectivity index (χ1v) is 8.01.